The van der Waals surface area contributed by atoms with E-state index in [1.807, 2.05) is 20.8 Å². The maximum absolute atomic E-state index is 12.0. The van der Waals surface area contributed by atoms with E-state index in [9.17, 15) is 4.79 Å². The molecule has 0 aliphatic rings. The van der Waals surface area contributed by atoms with Crippen LogP contribution in [0, 0.1) is 6.92 Å². The average molecular weight is 297 g/mol. The largest absolute Gasteiger partial charge is 0.344 e. The number of aromatic nitrogens is 3. The molecule has 0 saturated carbocycles. The first-order valence-electron chi connectivity index (χ1n) is 6.23. The van der Waals surface area contributed by atoms with Crippen LogP contribution in [0.1, 0.15) is 32.0 Å². The van der Waals surface area contributed by atoms with Crippen molar-refractivity contribution in [3.63, 3.8) is 0 Å². The molecule has 20 heavy (non-hydrogen) atoms. The van der Waals surface area contributed by atoms with E-state index in [-0.39, 0.29) is 23.1 Å². The fourth-order valence-electron chi connectivity index (χ4n) is 1.68. The van der Waals surface area contributed by atoms with Gasteiger partial charge in [0.1, 0.15) is 0 Å². The van der Waals surface area contributed by atoms with Crippen molar-refractivity contribution < 1.29 is 9.32 Å². The van der Waals surface area contributed by atoms with E-state index in [0.29, 0.717) is 16.9 Å². The quantitative estimate of drug-likeness (QED) is 0.945. The van der Waals surface area contributed by atoms with Crippen molar-refractivity contribution >= 4 is 23.2 Å². The number of carbonyl (C=O) groups is 1. The lowest BCUT2D eigenvalue weighted by molar-refractivity contribution is -0.115. The zero-order valence-corrected chi connectivity index (χ0v) is 12.7. The zero-order chi connectivity index (χ0) is 14.9. The average Bonchev–Trinajstić information content (AvgIpc) is 2.90. The van der Waals surface area contributed by atoms with Gasteiger partial charge in [-0.1, -0.05) is 5.16 Å². The van der Waals surface area contributed by atoms with Crippen molar-refractivity contribution in [3.8, 4) is 0 Å². The number of nitrogens with zero attached hydrogens (tertiary/aromatic N) is 3. The van der Waals surface area contributed by atoms with E-state index in [1.165, 1.54) is 0 Å². The highest BCUT2D eigenvalue weighted by atomic mass is 35.5. The Morgan fingerprint density at radius 3 is 2.70 bits per heavy atom. The number of anilines is 1. The Bertz CT molecular complexity index is 605. The lowest BCUT2D eigenvalue weighted by atomic mass is 10.1. The van der Waals surface area contributed by atoms with E-state index in [2.05, 4.69) is 15.6 Å². The van der Waals surface area contributed by atoms with Crippen molar-refractivity contribution in [1.82, 2.24) is 14.9 Å². The molecule has 0 aliphatic carbocycles. The molecule has 1 amide bonds. The Kier molecular flexibility index (Phi) is 3.85. The van der Waals surface area contributed by atoms with E-state index in [0.717, 1.165) is 0 Å². The molecule has 0 aromatic carbocycles. The highest BCUT2D eigenvalue weighted by molar-refractivity contribution is 6.29. The van der Waals surface area contributed by atoms with Gasteiger partial charge in [0.25, 0.3) is 0 Å². The summed E-state index contributed by atoms with van der Waals surface area (Å²) >= 11 is 5.83. The molecular formula is C13H17ClN4O2. The fraction of sp³-hybridized carbons (Fsp3) is 0.462. The summed E-state index contributed by atoms with van der Waals surface area (Å²) in [6.45, 7) is 7.85. The minimum atomic E-state index is -0.188. The van der Waals surface area contributed by atoms with E-state index in [1.54, 1.807) is 24.0 Å². The van der Waals surface area contributed by atoms with E-state index in [4.69, 9.17) is 16.1 Å². The number of carbonyl (C=O) groups excluding carboxylic acids is 1. The van der Waals surface area contributed by atoms with Crippen LogP contribution in [-0.2, 0) is 16.8 Å². The van der Waals surface area contributed by atoms with Gasteiger partial charge in [0.2, 0.25) is 11.1 Å². The van der Waals surface area contributed by atoms with Crippen molar-refractivity contribution in [2.45, 2.75) is 39.7 Å². The Morgan fingerprint density at radius 1 is 1.50 bits per heavy atom. The SMILES string of the molecule is Cc1noc(Cl)c1CC(=O)Nc1cnn(C(C)(C)C)c1. The Labute approximate surface area is 122 Å². The molecule has 0 saturated heterocycles. The predicted octanol–water partition coefficient (Wildman–Crippen LogP) is 2.77. The first-order valence-corrected chi connectivity index (χ1v) is 6.61. The third-order valence-electron chi connectivity index (χ3n) is 2.83. The second kappa shape index (κ2) is 5.28. The van der Waals surface area contributed by atoms with Crippen molar-refractivity contribution in [2.75, 3.05) is 5.32 Å². The number of aryl methyl sites for hydroxylation is 1. The molecule has 0 fully saturated rings. The van der Waals surface area contributed by atoms with Gasteiger partial charge in [-0.15, -0.1) is 0 Å². The molecule has 0 spiro atoms. The molecule has 7 heteroatoms. The number of hydrogen-bond donors (Lipinski definition) is 1. The standard InChI is InChI=1S/C13H17ClN4O2/c1-8-10(12(14)20-17-8)5-11(19)16-9-6-15-18(7-9)13(2,3)4/h6-7H,5H2,1-4H3,(H,16,19). The predicted molar refractivity (Wildman–Crippen MR) is 75.8 cm³/mol. The molecule has 0 radical (unpaired) electrons. The Balaban J connectivity index is 2.04. The van der Waals surface area contributed by atoms with Gasteiger partial charge in [-0.05, 0) is 39.3 Å². The van der Waals surface area contributed by atoms with Crippen LogP contribution in [0.3, 0.4) is 0 Å². The fourth-order valence-corrected chi connectivity index (χ4v) is 1.92. The second-order valence-corrected chi connectivity index (χ2v) is 5.93. The van der Waals surface area contributed by atoms with Gasteiger partial charge in [0.05, 0.1) is 29.5 Å². The van der Waals surface area contributed by atoms with Gasteiger partial charge in [-0.3, -0.25) is 9.48 Å². The monoisotopic (exact) mass is 296 g/mol. The zero-order valence-electron chi connectivity index (χ0n) is 11.9. The van der Waals surface area contributed by atoms with E-state index >= 15 is 0 Å². The summed E-state index contributed by atoms with van der Waals surface area (Å²) in [7, 11) is 0. The van der Waals surface area contributed by atoms with Gasteiger partial charge >= 0.3 is 0 Å². The molecule has 2 heterocycles. The summed E-state index contributed by atoms with van der Waals surface area (Å²) in [5.74, 6) is -0.188. The van der Waals surface area contributed by atoms with Gasteiger partial charge in [0.15, 0.2) is 0 Å². The van der Waals surface area contributed by atoms with Crippen molar-refractivity contribution in [2.24, 2.45) is 0 Å². The first-order chi connectivity index (χ1) is 9.27. The van der Waals surface area contributed by atoms with Crippen LogP contribution in [0.5, 0.6) is 0 Å². The molecular weight excluding hydrogens is 280 g/mol. The normalized spacial score (nSPS) is 11.7. The number of halogens is 1. The number of amides is 1. The number of nitrogens with one attached hydrogen (secondary N) is 1. The Morgan fingerprint density at radius 2 is 2.20 bits per heavy atom. The van der Waals surface area contributed by atoms with Crippen molar-refractivity contribution in [1.29, 1.82) is 0 Å². The molecule has 108 valence electrons. The van der Waals surface area contributed by atoms with E-state index < -0.39 is 0 Å². The molecule has 2 aromatic heterocycles. The minimum absolute atomic E-state index is 0.120. The minimum Gasteiger partial charge on any atom is -0.344 e. The number of rotatable bonds is 3. The molecule has 0 unspecified atom stereocenters. The maximum atomic E-state index is 12.0. The van der Waals surface area contributed by atoms with Crippen LogP contribution in [0.2, 0.25) is 5.22 Å². The van der Waals surface area contributed by atoms with Crippen LogP contribution >= 0.6 is 11.6 Å². The molecule has 6 nitrogen and oxygen atoms in total. The molecule has 0 bridgehead atoms. The summed E-state index contributed by atoms with van der Waals surface area (Å²) in [5.41, 5.74) is 1.75. The number of hydrogen-bond acceptors (Lipinski definition) is 4. The summed E-state index contributed by atoms with van der Waals surface area (Å²) in [5, 5.41) is 10.9. The van der Waals surface area contributed by atoms with Gasteiger partial charge in [-0.25, -0.2) is 0 Å². The topological polar surface area (TPSA) is 73.0 Å². The summed E-state index contributed by atoms with van der Waals surface area (Å²) in [6.07, 6.45) is 3.53. The Hall–Kier alpha value is -1.82. The van der Waals surface area contributed by atoms with Gasteiger partial charge < -0.3 is 9.84 Å². The molecule has 1 N–H and O–H groups in total. The molecule has 2 aromatic rings. The third-order valence-corrected chi connectivity index (χ3v) is 3.12. The van der Waals surface area contributed by atoms with Gasteiger partial charge in [-0.2, -0.15) is 5.10 Å². The third kappa shape index (κ3) is 3.19. The van der Waals surface area contributed by atoms with Crippen LogP contribution in [0.4, 0.5) is 5.69 Å². The molecule has 0 atom stereocenters. The highest BCUT2D eigenvalue weighted by Gasteiger charge is 2.17. The lowest BCUT2D eigenvalue weighted by Gasteiger charge is -2.18. The summed E-state index contributed by atoms with van der Waals surface area (Å²) < 4.78 is 6.61. The lowest BCUT2D eigenvalue weighted by Crippen LogP contribution is -2.22. The molecule has 0 aliphatic heterocycles. The van der Waals surface area contributed by atoms with Crippen LogP contribution < -0.4 is 5.32 Å². The van der Waals surface area contributed by atoms with Gasteiger partial charge in [0, 0.05) is 11.8 Å². The van der Waals surface area contributed by atoms with Crippen LogP contribution in [0.15, 0.2) is 16.9 Å². The maximum Gasteiger partial charge on any atom is 0.229 e. The van der Waals surface area contributed by atoms with Crippen LogP contribution in [0.25, 0.3) is 0 Å². The second-order valence-electron chi connectivity index (χ2n) is 5.59. The highest BCUT2D eigenvalue weighted by Crippen LogP contribution is 2.20. The smallest absolute Gasteiger partial charge is 0.229 e. The molecule has 2 rings (SSSR count). The summed E-state index contributed by atoms with van der Waals surface area (Å²) in [6, 6.07) is 0. The van der Waals surface area contributed by atoms with Crippen molar-refractivity contribution in [3.05, 3.63) is 28.9 Å². The first kappa shape index (κ1) is 14.6. The summed E-state index contributed by atoms with van der Waals surface area (Å²) in [4.78, 5) is 12.0. The van der Waals surface area contributed by atoms with Crippen LogP contribution in [-0.4, -0.2) is 20.8 Å².